The second-order valence-corrected chi connectivity index (χ2v) is 6.17. The van der Waals surface area contributed by atoms with E-state index in [9.17, 15) is 14.9 Å². The lowest BCUT2D eigenvalue weighted by atomic mass is 10.0. The molecule has 3 aromatic rings. The van der Waals surface area contributed by atoms with Crippen LogP contribution < -0.4 is 5.32 Å². The first-order chi connectivity index (χ1) is 13.0. The monoisotopic (exact) mass is 378 g/mol. The van der Waals surface area contributed by atoms with Crippen molar-refractivity contribution < 1.29 is 9.72 Å². The Kier molecular flexibility index (Phi) is 5.64. The molecule has 0 fully saturated rings. The molecule has 0 radical (unpaired) electrons. The fourth-order valence-electron chi connectivity index (χ4n) is 2.52. The van der Waals surface area contributed by atoms with Gasteiger partial charge in [0.1, 0.15) is 0 Å². The molecule has 3 rings (SSSR count). The lowest BCUT2D eigenvalue weighted by molar-refractivity contribution is -0.384. The van der Waals surface area contributed by atoms with Crippen LogP contribution in [0.1, 0.15) is 11.1 Å². The summed E-state index contributed by atoms with van der Waals surface area (Å²) in [5.41, 5.74) is 2.23. The third kappa shape index (κ3) is 4.80. The molecule has 1 amide bonds. The molecule has 0 spiro atoms. The molecule has 134 valence electrons. The van der Waals surface area contributed by atoms with Gasteiger partial charge in [0.25, 0.3) is 11.6 Å². The highest BCUT2D eigenvalue weighted by molar-refractivity contribution is 6.31. The van der Waals surface area contributed by atoms with Gasteiger partial charge in [0.2, 0.25) is 0 Å². The molecule has 1 N–H and O–H groups in total. The van der Waals surface area contributed by atoms with Crippen LogP contribution in [0.25, 0.3) is 11.6 Å². The number of hydrogen-bond acceptors (Lipinski definition) is 3. The summed E-state index contributed by atoms with van der Waals surface area (Å²) in [7, 11) is 0. The number of benzene rings is 3. The van der Waals surface area contributed by atoms with Crippen LogP contribution in [0.5, 0.6) is 0 Å². The van der Waals surface area contributed by atoms with Gasteiger partial charge < -0.3 is 5.32 Å². The molecule has 0 atom stereocenters. The van der Waals surface area contributed by atoms with Crippen LogP contribution in [0.3, 0.4) is 0 Å². The smallest absolute Gasteiger partial charge is 0.270 e. The molecular weight excluding hydrogens is 364 g/mol. The maximum absolute atomic E-state index is 12.9. The van der Waals surface area contributed by atoms with Crippen LogP contribution in [0.2, 0.25) is 5.02 Å². The summed E-state index contributed by atoms with van der Waals surface area (Å²) in [5.74, 6) is -0.324. The number of carbonyl (C=O) groups excluding carboxylic acids is 1. The minimum Gasteiger partial charge on any atom is -0.322 e. The van der Waals surface area contributed by atoms with E-state index in [0.717, 1.165) is 0 Å². The Morgan fingerprint density at radius 1 is 0.963 bits per heavy atom. The largest absolute Gasteiger partial charge is 0.322 e. The zero-order valence-corrected chi connectivity index (χ0v) is 14.9. The van der Waals surface area contributed by atoms with Gasteiger partial charge in [-0.05, 0) is 41.5 Å². The molecule has 0 bridgehead atoms. The van der Waals surface area contributed by atoms with E-state index in [1.807, 2.05) is 30.3 Å². The minimum atomic E-state index is -0.465. The zero-order valence-electron chi connectivity index (χ0n) is 14.1. The van der Waals surface area contributed by atoms with E-state index in [0.29, 0.717) is 27.4 Å². The number of nitro groups is 1. The molecule has 0 aliphatic heterocycles. The van der Waals surface area contributed by atoms with E-state index in [2.05, 4.69) is 5.32 Å². The minimum absolute atomic E-state index is 0.0331. The Morgan fingerprint density at radius 2 is 1.67 bits per heavy atom. The third-order valence-electron chi connectivity index (χ3n) is 3.82. The SMILES string of the molecule is O=C(Nc1ccc(Cl)cc1)/C(=C/c1cccc([N+](=O)[O-])c1)c1ccccc1. The van der Waals surface area contributed by atoms with Crippen LogP contribution in [0.4, 0.5) is 11.4 Å². The first-order valence-corrected chi connectivity index (χ1v) is 8.49. The van der Waals surface area contributed by atoms with Gasteiger partial charge in [-0.25, -0.2) is 0 Å². The van der Waals surface area contributed by atoms with Gasteiger partial charge in [-0.1, -0.05) is 54.1 Å². The Bertz CT molecular complexity index is 999. The molecule has 0 aliphatic rings. The van der Waals surface area contributed by atoms with Crippen molar-refractivity contribution in [3.63, 3.8) is 0 Å². The van der Waals surface area contributed by atoms with E-state index < -0.39 is 4.92 Å². The van der Waals surface area contributed by atoms with E-state index in [1.165, 1.54) is 12.1 Å². The molecule has 5 nitrogen and oxygen atoms in total. The van der Waals surface area contributed by atoms with Crippen molar-refractivity contribution in [2.24, 2.45) is 0 Å². The summed E-state index contributed by atoms with van der Waals surface area (Å²) in [6.07, 6.45) is 1.63. The highest BCUT2D eigenvalue weighted by atomic mass is 35.5. The number of halogens is 1. The summed E-state index contributed by atoms with van der Waals surface area (Å²) in [6, 6.07) is 22.0. The topological polar surface area (TPSA) is 72.2 Å². The maximum Gasteiger partial charge on any atom is 0.270 e. The number of nitrogens with one attached hydrogen (secondary N) is 1. The van der Waals surface area contributed by atoms with Crippen molar-refractivity contribution in [3.05, 3.63) is 105 Å². The lowest BCUT2D eigenvalue weighted by Gasteiger charge is -2.10. The first kappa shape index (κ1) is 18.4. The summed E-state index contributed by atoms with van der Waals surface area (Å²) < 4.78 is 0. The number of carbonyl (C=O) groups is 1. The van der Waals surface area contributed by atoms with Gasteiger partial charge >= 0.3 is 0 Å². The molecular formula is C21H15ClN2O3. The van der Waals surface area contributed by atoms with Crippen molar-refractivity contribution in [1.82, 2.24) is 0 Å². The molecule has 3 aromatic carbocycles. The highest BCUT2D eigenvalue weighted by Gasteiger charge is 2.13. The van der Waals surface area contributed by atoms with E-state index in [4.69, 9.17) is 11.6 Å². The molecule has 0 aliphatic carbocycles. The maximum atomic E-state index is 12.9. The van der Waals surface area contributed by atoms with Gasteiger partial charge in [0.05, 0.1) is 4.92 Å². The number of hydrogen-bond donors (Lipinski definition) is 1. The van der Waals surface area contributed by atoms with Crippen LogP contribution in [0.15, 0.2) is 78.9 Å². The quantitative estimate of drug-likeness (QED) is 0.278. The Labute approximate surface area is 161 Å². The third-order valence-corrected chi connectivity index (χ3v) is 4.08. The molecule has 0 heterocycles. The number of non-ortho nitro benzene ring substituents is 1. The summed E-state index contributed by atoms with van der Waals surface area (Å²) in [4.78, 5) is 23.4. The van der Waals surface area contributed by atoms with Crippen LogP contribution in [0, 0.1) is 10.1 Å². The normalized spacial score (nSPS) is 11.1. The van der Waals surface area contributed by atoms with Crippen molar-refractivity contribution >= 4 is 40.5 Å². The average molecular weight is 379 g/mol. The van der Waals surface area contributed by atoms with Crippen molar-refractivity contribution in [3.8, 4) is 0 Å². The fraction of sp³-hybridized carbons (Fsp3) is 0. The summed E-state index contributed by atoms with van der Waals surface area (Å²) in [5, 5.41) is 14.4. The van der Waals surface area contributed by atoms with Crippen molar-refractivity contribution in [1.29, 1.82) is 0 Å². The Hall–Kier alpha value is -3.44. The standard InChI is InChI=1S/C21H15ClN2O3/c22-17-9-11-18(12-10-17)23-21(25)20(16-6-2-1-3-7-16)14-15-5-4-8-19(13-15)24(26)27/h1-14H,(H,23,25)/b20-14+. The van der Waals surface area contributed by atoms with E-state index in [1.54, 1.807) is 42.5 Å². The number of nitrogens with zero attached hydrogens (tertiary/aromatic N) is 1. The van der Waals surface area contributed by atoms with Crippen LogP contribution in [-0.2, 0) is 4.79 Å². The predicted molar refractivity (Wildman–Crippen MR) is 107 cm³/mol. The second kappa shape index (κ2) is 8.29. The second-order valence-electron chi connectivity index (χ2n) is 5.74. The predicted octanol–water partition coefficient (Wildman–Crippen LogP) is 5.43. The van der Waals surface area contributed by atoms with Gasteiger partial charge in [0, 0.05) is 28.4 Å². The van der Waals surface area contributed by atoms with Gasteiger partial charge in [0.15, 0.2) is 0 Å². The summed E-state index contributed by atoms with van der Waals surface area (Å²) in [6.45, 7) is 0. The molecule has 27 heavy (non-hydrogen) atoms. The molecule has 0 aromatic heterocycles. The number of amides is 1. The lowest BCUT2D eigenvalue weighted by Crippen LogP contribution is -2.13. The molecule has 0 saturated heterocycles. The number of anilines is 1. The van der Waals surface area contributed by atoms with Gasteiger partial charge in [-0.15, -0.1) is 0 Å². The molecule has 6 heteroatoms. The van der Waals surface area contributed by atoms with E-state index >= 15 is 0 Å². The molecule has 0 unspecified atom stereocenters. The number of nitro benzene ring substituents is 1. The van der Waals surface area contributed by atoms with Crippen molar-refractivity contribution in [2.45, 2.75) is 0 Å². The van der Waals surface area contributed by atoms with Crippen LogP contribution in [-0.4, -0.2) is 10.8 Å². The average Bonchev–Trinajstić information content (AvgIpc) is 2.68. The van der Waals surface area contributed by atoms with Gasteiger partial charge in [-0.2, -0.15) is 0 Å². The zero-order chi connectivity index (χ0) is 19.2. The Morgan fingerprint density at radius 3 is 2.33 bits per heavy atom. The van der Waals surface area contributed by atoms with Crippen molar-refractivity contribution in [2.75, 3.05) is 5.32 Å². The number of rotatable bonds is 5. The first-order valence-electron chi connectivity index (χ1n) is 8.11. The van der Waals surface area contributed by atoms with Crippen LogP contribution >= 0.6 is 11.6 Å². The molecule has 0 saturated carbocycles. The Balaban J connectivity index is 1.98. The summed E-state index contributed by atoms with van der Waals surface area (Å²) >= 11 is 5.88. The highest BCUT2D eigenvalue weighted by Crippen LogP contribution is 2.23. The van der Waals surface area contributed by atoms with E-state index in [-0.39, 0.29) is 11.6 Å². The van der Waals surface area contributed by atoms with Gasteiger partial charge in [-0.3, -0.25) is 14.9 Å². The fourth-order valence-corrected chi connectivity index (χ4v) is 2.65.